The highest BCUT2D eigenvalue weighted by atomic mass is 16.2. The second-order valence-electron chi connectivity index (χ2n) is 6.56. The van der Waals surface area contributed by atoms with Crippen LogP contribution >= 0.6 is 0 Å². The largest absolute Gasteiger partial charge is 0.342 e. The monoisotopic (exact) mass is 349 g/mol. The minimum Gasteiger partial charge on any atom is -0.342 e. The van der Waals surface area contributed by atoms with Crippen molar-refractivity contribution in [1.29, 1.82) is 0 Å². The summed E-state index contributed by atoms with van der Waals surface area (Å²) in [5, 5.41) is 9.31. The van der Waals surface area contributed by atoms with E-state index in [4.69, 9.17) is 0 Å². The number of nitrogens with one attached hydrogen (secondary N) is 3. The van der Waals surface area contributed by atoms with Crippen molar-refractivity contribution < 1.29 is 4.79 Å². The summed E-state index contributed by atoms with van der Waals surface area (Å²) < 4.78 is 0. The van der Waals surface area contributed by atoms with Gasteiger partial charge in [-0.25, -0.2) is 9.89 Å². The Labute approximate surface area is 149 Å². The van der Waals surface area contributed by atoms with Crippen LogP contribution in [0.3, 0.4) is 0 Å². The summed E-state index contributed by atoms with van der Waals surface area (Å²) in [7, 11) is 0. The number of aromatic amines is 2. The van der Waals surface area contributed by atoms with Crippen molar-refractivity contribution in [3.05, 3.63) is 81.8 Å². The molecule has 1 unspecified atom stereocenters. The van der Waals surface area contributed by atoms with Gasteiger partial charge in [0, 0.05) is 12.4 Å². The van der Waals surface area contributed by atoms with E-state index in [2.05, 4.69) is 25.5 Å². The predicted octanol–water partition coefficient (Wildman–Crippen LogP) is 2.08. The summed E-state index contributed by atoms with van der Waals surface area (Å²) in [6.45, 7) is 0. The summed E-state index contributed by atoms with van der Waals surface area (Å²) in [4.78, 5) is 31.0. The Kier molecular flexibility index (Phi) is 4.35. The van der Waals surface area contributed by atoms with E-state index < -0.39 is 11.7 Å². The van der Waals surface area contributed by atoms with Crippen molar-refractivity contribution in [2.45, 2.75) is 31.2 Å². The highest BCUT2D eigenvalue weighted by Crippen LogP contribution is 2.39. The first-order valence-electron chi connectivity index (χ1n) is 8.63. The molecule has 1 aliphatic carbocycles. The quantitative estimate of drug-likeness (QED) is 0.634. The van der Waals surface area contributed by atoms with Gasteiger partial charge in [-0.05, 0) is 42.4 Å². The Balaban J connectivity index is 1.56. The van der Waals surface area contributed by atoms with Crippen LogP contribution in [0.1, 0.15) is 52.1 Å². The van der Waals surface area contributed by atoms with Crippen LogP contribution in [-0.2, 0) is 6.42 Å². The van der Waals surface area contributed by atoms with Crippen molar-refractivity contribution in [2.75, 3.05) is 0 Å². The third-order valence-electron chi connectivity index (χ3n) is 4.51. The van der Waals surface area contributed by atoms with Crippen LogP contribution in [0.25, 0.3) is 0 Å². The van der Waals surface area contributed by atoms with E-state index in [1.807, 2.05) is 42.6 Å². The number of hydrogen-bond acceptors (Lipinski definition) is 4. The smallest absolute Gasteiger partial charge is 0.340 e. The Hall–Kier alpha value is -3.22. The number of amides is 1. The number of nitrogens with zero attached hydrogens (tertiary/aromatic N) is 2. The third-order valence-corrected chi connectivity index (χ3v) is 4.51. The molecule has 7 heteroatoms. The van der Waals surface area contributed by atoms with Gasteiger partial charge in [0.1, 0.15) is 0 Å². The van der Waals surface area contributed by atoms with Crippen molar-refractivity contribution in [1.82, 2.24) is 25.5 Å². The molecule has 0 saturated heterocycles. The van der Waals surface area contributed by atoms with Gasteiger partial charge >= 0.3 is 5.69 Å². The minimum absolute atomic E-state index is 0.232. The molecule has 3 aromatic rings. The summed E-state index contributed by atoms with van der Waals surface area (Å²) in [5.41, 5.74) is 2.26. The zero-order valence-corrected chi connectivity index (χ0v) is 14.1. The Morgan fingerprint density at radius 2 is 2.04 bits per heavy atom. The number of carbonyl (C=O) groups excluding carboxylic acids is 1. The highest BCUT2D eigenvalue weighted by Gasteiger charge is 2.25. The van der Waals surface area contributed by atoms with E-state index in [9.17, 15) is 9.59 Å². The van der Waals surface area contributed by atoms with Crippen LogP contribution in [0.15, 0.2) is 53.6 Å². The number of benzene rings is 1. The number of H-pyrrole nitrogens is 2. The maximum Gasteiger partial charge on any atom is 0.340 e. The first kappa shape index (κ1) is 16.3. The van der Waals surface area contributed by atoms with E-state index in [-0.39, 0.29) is 5.91 Å². The molecular weight excluding hydrogens is 330 g/mol. The number of carbonyl (C=O) groups is 1. The lowest BCUT2D eigenvalue weighted by Crippen LogP contribution is -2.31. The average molecular weight is 349 g/mol. The summed E-state index contributed by atoms with van der Waals surface area (Å²) in [5.74, 6) is 0.696. The second kappa shape index (κ2) is 6.95. The highest BCUT2D eigenvalue weighted by molar-refractivity contribution is 5.94. The van der Waals surface area contributed by atoms with Gasteiger partial charge in [-0.1, -0.05) is 30.3 Å². The topological polar surface area (TPSA) is 104 Å². The van der Waals surface area contributed by atoms with Gasteiger partial charge in [-0.15, -0.1) is 0 Å². The molecule has 2 aromatic heterocycles. The fourth-order valence-corrected chi connectivity index (χ4v) is 2.98. The first-order chi connectivity index (χ1) is 12.7. The second-order valence-corrected chi connectivity index (χ2v) is 6.56. The van der Waals surface area contributed by atoms with Gasteiger partial charge < -0.3 is 5.32 Å². The number of aromatic nitrogens is 4. The van der Waals surface area contributed by atoms with Crippen molar-refractivity contribution in [3.8, 4) is 0 Å². The molecule has 1 atom stereocenters. The molecule has 1 amide bonds. The maximum atomic E-state index is 12.7. The van der Waals surface area contributed by atoms with E-state index in [0.717, 1.165) is 24.0 Å². The summed E-state index contributed by atoms with van der Waals surface area (Å²) in [6.07, 6.45) is 6.20. The van der Waals surface area contributed by atoms with Crippen LogP contribution in [0, 0.1) is 0 Å². The Morgan fingerprint density at radius 1 is 1.23 bits per heavy atom. The lowest BCUT2D eigenvalue weighted by molar-refractivity contribution is 0.0934. The molecule has 7 nitrogen and oxygen atoms in total. The lowest BCUT2D eigenvalue weighted by atomic mass is 10.0. The fourth-order valence-electron chi connectivity index (χ4n) is 2.98. The first-order valence-corrected chi connectivity index (χ1v) is 8.63. The van der Waals surface area contributed by atoms with E-state index >= 15 is 0 Å². The van der Waals surface area contributed by atoms with E-state index in [1.165, 1.54) is 0 Å². The molecule has 0 bridgehead atoms. The minimum atomic E-state index is -0.451. The summed E-state index contributed by atoms with van der Waals surface area (Å²) in [6, 6.07) is 11.2. The zero-order chi connectivity index (χ0) is 17.9. The lowest BCUT2D eigenvalue weighted by Gasteiger charge is -2.16. The Bertz CT molecular complexity index is 959. The van der Waals surface area contributed by atoms with Crippen molar-refractivity contribution in [3.63, 3.8) is 0 Å². The van der Waals surface area contributed by atoms with Crippen LogP contribution in [0.4, 0.5) is 0 Å². The molecule has 0 radical (unpaired) electrons. The number of hydrogen-bond donors (Lipinski definition) is 3. The predicted molar refractivity (Wildman–Crippen MR) is 95.8 cm³/mol. The molecule has 26 heavy (non-hydrogen) atoms. The van der Waals surface area contributed by atoms with Gasteiger partial charge in [-0.3, -0.25) is 14.8 Å². The van der Waals surface area contributed by atoms with Gasteiger partial charge in [0.2, 0.25) is 0 Å². The van der Waals surface area contributed by atoms with Crippen molar-refractivity contribution >= 4 is 5.91 Å². The maximum absolute atomic E-state index is 12.7. The van der Waals surface area contributed by atoms with Crippen LogP contribution in [0.5, 0.6) is 0 Å². The van der Waals surface area contributed by atoms with Gasteiger partial charge in [0.25, 0.3) is 5.91 Å². The van der Waals surface area contributed by atoms with Crippen LogP contribution < -0.4 is 11.0 Å². The molecule has 1 fully saturated rings. The Morgan fingerprint density at radius 3 is 2.73 bits per heavy atom. The van der Waals surface area contributed by atoms with Gasteiger partial charge in [0.05, 0.1) is 11.6 Å². The van der Waals surface area contributed by atoms with E-state index in [1.54, 1.807) is 6.20 Å². The zero-order valence-electron chi connectivity index (χ0n) is 14.1. The SMILES string of the molecule is O=C(NC(Cc1ccccc1)c1n[nH]c(=O)[nH]1)c1cncc(C2CC2)c1. The molecule has 1 saturated carbocycles. The fraction of sp³-hybridized carbons (Fsp3) is 0.263. The molecule has 1 aliphatic rings. The standard InChI is InChI=1S/C19H19N5O2/c25-18(15-9-14(10-20-11-15)13-6-7-13)21-16(17-22-19(26)24-23-17)8-12-4-2-1-3-5-12/h1-5,9-11,13,16H,6-8H2,(H,21,25)(H2,22,23,24,26). The van der Waals surface area contributed by atoms with Gasteiger partial charge in [0.15, 0.2) is 5.82 Å². The normalized spacial score (nSPS) is 14.8. The summed E-state index contributed by atoms with van der Waals surface area (Å²) >= 11 is 0. The molecule has 4 rings (SSSR count). The average Bonchev–Trinajstić information content (AvgIpc) is 3.43. The third kappa shape index (κ3) is 3.72. The molecule has 2 heterocycles. The molecule has 0 spiro atoms. The molecule has 0 aliphatic heterocycles. The van der Waals surface area contributed by atoms with Crippen LogP contribution in [0.2, 0.25) is 0 Å². The molecular formula is C19H19N5O2. The van der Waals surface area contributed by atoms with Crippen molar-refractivity contribution in [2.24, 2.45) is 0 Å². The molecule has 132 valence electrons. The molecule has 1 aromatic carbocycles. The van der Waals surface area contributed by atoms with E-state index in [0.29, 0.717) is 23.7 Å². The molecule has 3 N–H and O–H groups in total. The number of rotatable bonds is 6. The van der Waals surface area contributed by atoms with Gasteiger partial charge in [-0.2, -0.15) is 5.10 Å². The van der Waals surface area contributed by atoms with Crippen LogP contribution in [-0.4, -0.2) is 26.1 Å². The number of pyridine rings is 1.